The highest BCUT2D eigenvalue weighted by Crippen LogP contribution is 2.36. The Labute approximate surface area is 146 Å². The van der Waals surface area contributed by atoms with Crippen molar-refractivity contribution in [3.63, 3.8) is 0 Å². The third kappa shape index (κ3) is 3.41. The van der Waals surface area contributed by atoms with Crippen LogP contribution in [0.3, 0.4) is 0 Å². The number of benzene rings is 1. The summed E-state index contributed by atoms with van der Waals surface area (Å²) < 4.78 is 10.8. The van der Waals surface area contributed by atoms with E-state index in [1.54, 1.807) is 11.3 Å². The number of hydrogen-bond donors (Lipinski definition) is 1. The minimum Gasteiger partial charge on any atom is -0.454 e. The second-order valence-electron chi connectivity index (χ2n) is 6.39. The molecule has 2 aromatic rings. The number of thiazole rings is 1. The molecule has 0 bridgehead atoms. The number of nitrogens with one attached hydrogen (secondary N) is 1. The van der Waals surface area contributed by atoms with Crippen LogP contribution in [0.5, 0.6) is 11.5 Å². The largest absolute Gasteiger partial charge is 0.454 e. The third-order valence-corrected chi connectivity index (χ3v) is 5.67. The van der Waals surface area contributed by atoms with E-state index in [-0.39, 0.29) is 0 Å². The first-order valence-corrected chi connectivity index (χ1v) is 9.47. The molecule has 1 saturated heterocycles. The lowest BCUT2D eigenvalue weighted by molar-refractivity contribution is 0.174. The highest BCUT2D eigenvalue weighted by molar-refractivity contribution is 7.13. The van der Waals surface area contributed by atoms with Crippen molar-refractivity contribution >= 4 is 11.3 Å². The third-order valence-electron chi connectivity index (χ3n) is 4.73. The average Bonchev–Trinajstić information content (AvgIpc) is 3.34. The number of ether oxygens (including phenoxy) is 2. The smallest absolute Gasteiger partial charge is 0.231 e. The van der Waals surface area contributed by atoms with E-state index < -0.39 is 0 Å². The average molecular weight is 345 g/mol. The van der Waals surface area contributed by atoms with Gasteiger partial charge in [-0.15, -0.1) is 11.3 Å². The zero-order valence-corrected chi connectivity index (χ0v) is 14.8. The normalized spacial score (nSPS) is 20.0. The van der Waals surface area contributed by atoms with Gasteiger partial charge in [0.1, 0.15) is 5.01 Å². The van der Waals surface area contributed by atoms with Crippen molar-refractivity contribution in [3.8, 4) is 22.1 Å². The number of nitrogens with zero attached hydrogens (tertiary/aromatic N) is 2. The van der Waals surface area contributed by atoms with Crippen LogP contribution >= 0.6 is 11.3 Å². The SMILES string of the molecule is CCN1CC[C@H](CNCc2csc(-c3ccc4c(c3)OCO4)n2)C1. The molecule has 1 aromatic carbocycles. The van der Waals surface area contributed by atoms with Crippen molar-refractivity contribution in [3.05, 3.63) is 29.3 Å². The summed E-state index contributed by atoms with van der Waals surface area (Å²) in [5.74, 6) is 2.40. The molecule has 0 radical (unpaired) electrons. The van der Waals surface area contributed by atoms with Gasteiger partial charge < -0.3 is 19.7 Å². The van der Waals surface area contributed by atoms with Gasteiger partial charge in [-0.05, 0) is 50.2 Å². The number of aromatic nitrogens is 1. The molecule has 0 spiro atoms. The maximum atomic E-state index is 5.45. The van der Waals surface area contributed by atoms with Gasteiger partial charge in [-0.3, -0.25) is 0 Å². The summed E-state index contributed by atoms with van der Waals surface area (Å²) in [7, 11) is 0. The Bertz CT molecular complexity index is 703. The summed E-state index contributed by atoms with van der Waals surface area (Å²) in [6.07, 6.45) is 1.31. The van der Waals surface area contributed by atoms with Gasteiger partial charge in [0.05, 0.1) is 5.69 Å². The fraction of sp³-hybridized carbons (Fsp3) is 0.500. The highest BCUT2D eigenvalue weighted by Gasteiger charge is 2.20. The van der Waals surface area contributed by atoms with E-state index in [2.05, 4.69) is 22.5 Å². The van der Waals surface area contributed by atoms with Gasteiger partial charge in [0.2, 0.25) is 6.79 Å². The van der Waals surface area contributed by atoms with Crippen LogP contribution in [0, 0.1) is 5.92 Å². The monoisotopic (exact) mass is 345 g/mol. The topological polar surface area (TPSA) is 46.6 Å². The highest BCUT2D eigenvalue weighted by atomic mass is 32.1. The second kappa shape index (κ2) is 7.09. The Kier molecular flexibility index (Phi) is 4.69. The van der Waals surface area contributed by atoms with E-state index in [0.29, 0.717) is 6.79 Å². The van der Waals surface area contributed by atoms with Crippen LogP contribution in [0.1, 0.15) is 19.0 Å². The van der Waals surface area contributed by atoms with E-state index in [9.17, 15) is 0 Å². The Morgan fingerprint density at radius 2 is 2.25 bits per heavy atom. The number of rotatable bonds is 6. The Morgan fingerprint density at radius 1 is 1.33 bits per heavy atom. The Hall–Kier alpha value is -1.63. The first-order chi connectivity index (χ1) is 11.8. The molecule has 0 saturated carbocycles. The lowest BCUT2D eigenvalue weighted by Crippen LogP contribution is -2.26. The van der Waals surface area contributed by atoms with Gasteiger partial charge in [-0.1, -0.05) is 6.92 Å². The summed E-state index contributed by atoms with van der Waals surface area (Å²) in [5, 5.41) is 6.74. The van der Waals surface area contributed by atoms with Gasteiger partial charge in [-0.2, -0.15) is 0 Å². The van der Waals surface area contributed by atoms with Crippen LogP contribution in [0.25, 0.3) is 10.6 Å². The molecule has 0 unspecified atom stereocenters. The Balaban J connectivity index is 1.32. The summed E-state index contributed by atoms with van der Waals surface area (Å²) in [6.45, 7) is 8.10. The van der Waals surface area contributed by atoms with Gasteiger partial charge in [0, 0.05) is 24.0 Å². The molecule has 3 heterocycles. The van der Waals surface area contributed by atoms with Crippen LogP contribution in [0.15, 0.2) is 23.6 Å². The molecular formula is C18H23N3O2S. The molecule has 1 N–H and O–H groups in total. The summed E-state index contributed by atoms with van der Waals surface area (Å²) in [5.41, 5.74) is 2.20. The predicted molar refractivity (Wildman–Crippen MR) is 95.6 cm³/mol. The van der Waals surface area contributed by atoms with Crippen molar-refractivity contribution in [2.45, 2.75) is 19.9 Å². The van der Waals surface area contributed by atoms with Gasteiger partial charge in [-0.25, -0.2) is 4.98 Å². The second-order valence-corrected chi connectivity index (χ2v) is 7.25. The van der Waals surface area contributed by atoms with Crippen LogP contribution in [0.2, 0.25) is 0 Å². The van der Waals surface area contributed by atoms with Crippen molar-refractivity contribution in [2.75, 3.05) is 33.0 Å². The molecule has 1 fully saturated rings. The fourth-order valence-electron chi connectivity index (χ4n) is 3.32. The number of likely N-dealkylation sites (tertiary alicyclic amines) is 1. The zero-order chi connectivity index (χ0) is 16.4. The number of hydrogen-bond acceptors (Lipinski definition) is 6. The minimum absolute atomic E-state index is 0.308. The van der Waals surface area contributed by atoms with E-state index in [0.717, 1.165) is 46.8 Å². The maximum Gasteiger partial charge on any atom is 0.231 e. The van der Waals surface area contributed by atoms with E-state index >= 15 is 0 Å². The quantitative estimate of drug-likeness (QED) is 0.872. The fourth-order valence-corrected chi connectivity index (χ4v) is 4.14. The van der Waals surface area contributed by atoms with Crippen LogP contribution in [-0.2, 0) is 6.54 Å². The molecule has 2 aliphatic heterocycles. The predicted octanol–water partition coefficient (Wildman–Crippen LogP) is 2.97. The lowest BCUT2D eigenvalue weighted by atomic mass is 10.1. The van der Waals surface area contributed by atoms with Gasteiger partial charge >= 0.3 is 0 Å². The standard InChI is InChI=1S/C18H23N3O2S/c1-2-21-6-5-13(10-21)8-19-9-15-11-24-18(20-15)14-3-4-16-17(7-14)23-12-22-16/h3-4,7,11,13,19H,2,5-6,8-10,12H2,1H3/t13-/m1/s1. The van der Waals surface area contributed by atoms with Crippen LogP contribution in [0.4, 0.5) is 0 Å². The molecule has 0 aliphatic carbocycles. The lowest BCUT2D eigenvalue weighted by Gasteiger charge is -2.13. The minimum atomic E-state index is 0.308. The molecule has 4 rings (SSSR count). The molecule has 5 nitrogen and oxygen atoms in total. The van der Waals surface area contributed by atoms with Crippen LogP contribution in [-0.4, -0.2) is 42.9 Å². The van der Waals surface area contributed by atoms with E-state index in [4.69, 9.17) is 14.5 Å². The molecule has 0 amide bonds. The molecule has 1 atom stereocenters. The number of fused-ring (bicyclic) bond motifs is 1. The molecule has 1 aromatic heterocycles. The van der Waals surface area contributed by atoms with Crippen molar-refractivity contribution < 1.29 is 9.47 Å². The maximum absolute atomic E-state index is 5.45. The van der Waals surface area contributed by atoms with Crippen molar-refractivity contribution in [1.82, 2.24) is 15.2 Å². The van der Waals surface area contributed by atoms with E-state index in [1.807, 2.05) is 18.2 Å². The first-order valence-electron chi connectivity index (χ1n) is 8.59. The van der Waals surface area contributed by atoms with Crippen LogP contribution < -0.4 is 14.8 Å². The molecular weight excluding hydrogens is 322 g/mol. The molecule has 2 aliphatic rings. The van der Waals surface area contributed by atoms with Gasteiger partial charge in [0.15, 0.2) is 11.5 Å². The molecule has 24 heavy (non-hydrogen) atoms. The Morgan fingerprint density at radius 3 is 3.12 bits per heavy atom. The summed E-state index contributed by atoms with van der Waals surface area (Å²) in [6, 6.07) is 6.01. The van der Waals surface area contributed by atoms with E-state index in [1.165, 1.54) is 26.1 Å². The first kappa shape index (κ1) is 15.9. The van der Waals surface area contributed by atoms with Crippen molar-refractivity contribution in [2.24, 2.45) is 5.92 Å². The zero-order valence-electron chi connectivity index (χ0n) is 14.0. The molecule has 6 heteroatoms. The molecule has 128 valence electrons. The summed E-state index contributed by atoms with van der Waals surface area (Å²) >= 11 is 1.68. The van der Waals surface area contributed by atoms with Crippen molar-refractivity contribution in [1.29, 1.82) is 0 Å². The summed E-state index contributed by atoms with van der Waals surface area (Å²) in [4.78, 5) is 7.27. The van der Waals surface area contributed by atoms with Gasteiger partial charge in [0.25, 0.3) is 0 Å².